The van der Waals surface area contributed by atoms with Crippen LogP contribution in [-0.4, -0.2) is 50.0 Å². The molecule has 1 aromatic carbocycles. The maximum Gasteiger partial charge on any atom is 0.270 e. The van der Waals surface area contributed by atoms with Crippen LogP contribution in [0.15, 0.2) is 35.4 Å². The van der Waals surface area contributed by atoms with E-state index in [9.17, 15) is 13.2 Å². The lowest BCUT2D eigenvalue weighted by atomic mass is 9.99. The fraction of sp³-hybridized carbons (Fsp3) is 0.450. The Bertz CT molecular complexity index is 977. The molecule has 0 aliphatic carbocycles. The molecule has 1 aromatic heterocycles. The van der Waals surface area contributed by atoms with Gasteiger partial charge in [-0.25, -0.2) is 13.1 Å². The first-order valence-corrected chi connectivity index (χ1v) is 11.1. The van der Waals surface area contributed by atoms with Crippen molar-refractivity contribution in [3.8, 4) is 0 Å². The van der Waals surface area contributed by atoms with Crippen molar-refractivity contribution in [2.24, 2.45) is 0 Å². The largest absolute Gasteiger partial charge is 0.377 e. The highest BCUT2D eigenvalue weighted by Gasteiger charge is 2.25. The number of carbonyl (C=O) groups is 1. The minimum absolute atomic E-state index is 0.0511. The van der Waals surface area contributed by atoms with Crippen LogP contribution in [0.25, 0.3) is 0 Å². The molecule has 0 saturated carbocycles. The number of hydrogen-bond acceptors (Lipinski definition) is 4. The van der Waals surface area contributed by atoms with E-state index < -0.39 is 10.0 Å². The van der Waals surface area contributed by atoms with Crippen LogP contribution < -0.4 is 4.72 Å². The second-order valence-electron chi connectivity index (χ2n) is 7.48. The highest BCUT2D eigenvalue weighted by molar-refractivity contribution is 7.89. The van der Waals surface area contributed by atoms with Crippen molar-refractivity contribution in [1.29, 1.82) is 0 Å². The van der Waals surface area contributed by atoms with Crippen molar-refractivity contribution in [2.45, 2.75) is 43.7 Å². The lowest BCUT2D eigenvalue weighted by Gasteiger charge is -2.29. The Morgan fingerprint density at radius 1 is 1.32 bits per heavy atom. The van der Waals surface area contributed by atoms with E-state index in [1.54, 1.807) is 23.2 Å². The van der Waals surface area contributed by atoms with Gasteiger partial charge in [-0.1, -0.05) is 6.07 Å². The maximum atomic E-state index is 12.7. The molecule has 8 heteroatoms. The van der Waals surface area contributed by atoms with Gasteiger partial charge < -0.3 is 14.6 Å². The fourth-order valence-electron chi connectivity index (χ4n) is 3.76. The van der Waals surface area contributed by atoms with E-state index in [4.69, 9.17) is 4.74 Å². The van der Waals surface area contributed by atoms with E-state index >= 15 is 0 Å². The van der Waals surface area contributed by atoms with Crippen LogP contribution >= 0.6 is 0 Å². The molecule has 2 aliphatic rings. The predicted octanol–water partition coefficient (Wildman–Crippen LogP) is 1.98. The monoisotopic (exact) mass is 403 g/mol. The second kappa shape index (κ2) is 7.69. The highest BCUT2D eigenvalue weighted by Crippen LogP contribution is 2.24. The fourth-order valence-corrected chi connectivity index (χ4v) is 4.88. The quantitative estimate of drug-likeness (QED) is 0.799. The average molecular weight is 404 g/mol. The van der Waals surface area contributed by atoms with Crippen molar-refractivity contribution in [3.05, 3.63) is 52.8 Å². The topological polar surface area (TPSA) is 91.5 Å². The van der Waals surface area contributed by atoms with Crippen molar-refractivity contribution in [2.75, 3.05) is 19.7 Å². The molecule has 1 amide bonds. The molecule has 0 unspecified atom stereocenters. The van der Waals surface area contributed by atoms with Gasteiger partial charge in [0, 0.05) is 32.4 Å². The van der Waals surface area contributed by atoms with Gasteiger partial charge >= 0.3 is 0 Å². The van der Waals surface area contributed by atoms with Gasteiger partial charge in [0.05, 0.1) is 11.0 Å². The summed E-state index contributed by atoms with van der Waals surface area (Å²) in [5.74, 6) is -0.0662. The summed E-state index contributed by atoms with van der Waals surface area (Å²) in [6.45, 7) is 3.93. The lowest BCUT2D eigenvalue weighted by molar-refractivity contribution is 0.0729. The summed E-state index contributed by atoms with van der Waals surface area (Å²) in [7, 11) is -3.61. The molecule has 3 heterocycles. The number of aromatic nitrogens is 1. The van der Waals surface area contributed by atoms with Crippen molar-refractivity contribution >= 4 is 15.9 Å². The second-order valence-corrected chi connectivity index (χ2v) is 9.25. The van der Waals surface area contributed by atoms with E-state index in [-0.39, 0.29) is 23.5 Å². The van der Waals surface area contributed by atoms with Crippen LogP contribution in [0.4, 0.5) is 0 Å². The SMILES string of the molecule is Cc1c[nH]c(C(=O)N2CCc3ccc(S(=O)(=O)NC[C@@H]4CCCO4)cc3C2)c1. The Morgan fingerprint density at radius 2 is 2.18 bits per heavy atom. The van der Waals surface area contributed by atoms with Crippen LogP contribution in [0.1, 0.15) is 40.0 Å². The van der Waals surface area contributed by atoms with Gasteiger partial charge in [-0.2, -0.15) is 0 Å². The molecule has 7 nitrogen and oxygen atoms in total. The molecular formula is C20H25N3O4S. The number of fused-ring (bicyclic) bond motifs is 1. The maximum absolute atomic E-state index is 12.7. The van der Waals surface area contributed by atoms with E-state index in [0.717, 1.165) is 29.5 Å². The van der Waals surface area contributed by atoms with Crippen LogP contribution in [-0.2, 0) is 27.7 Å². The molecule has 1 fully saturated rings. The number of hydrogen-bond donors (Lipinski definition) is 2. The number of H-pyrrole nitrogens is 1. The van der Waals surface area contributed by atoms with Gasteiger partial charge in [0.1, 0.15) is 5.69 Å². The van der Waals surface area contributed by atoms with Crippen molar-refractivity contribution < 1.29 is 17.9 Å². The third-order valence-corrected chi connectivity index (χ3v) is 6.79. The molecule has 2 aromatic rings. The number of amides is 1. The molecule has 0 spiro atoms. The summed E-state index contributed by atoms with van der Waals surface area (Å²) in [4.78, 5) is 17.7. The van der Waals surface area contributed by atoms with E-state index in [1.807, 2.05) is 19.1 Å². The summed E-state index contributed by atoms with van der Waals surface area (Å²) >= 11 is 0. The molecule has 2 N–H and O–H groups in total. The normalized spacial score (nSPS) is 19.6. The van der Waals surface area contributed by atoms with E-state index in [2.05, 4.69) is 9.71 Å². The number of ether oxygens (including phenoxy) is 1. The number of rotatable bonds is 5. The number of nitrogens with zero attached hydrogens (tertiary/aromatic N) is 1. The van der Waals surface area contributed by atoms with Crippen LogP contribution in [0.2, 0.25) is 0 Å². The summed E-state index contributed by atoms with van der Waals surface area (Å²) in [5.41, 5.74) is 3.53. The Kier molecular flexibility index (Phi) is 5.27. The van der Waals surface area contributed by atoms with Crippen molar-refractivity contribution in [1.82, 2.24) is 14.6 Å². The highest BCUT2D eigenvalue weighted by atomic mass is 32.2. The van der Waals surface area contributed by atoms with Crippen molar-refractivity contribution in [3.63, 3.8) is 0 Å². The minimum atomic E-state index is -3.61. The third-order valence-electron chi connectivity index (χ3n) is 5.37. The summed E-state index contributed by atoms with van der Waals surface area (Å²) in [6.07, 6.45) is 4.31. The first kappa shape index (κ1) is 19.2. The van der Waals surface area contributed by atoms with E-state index in [1.165, 1.54) is 0 Å². The summed E-state index contributed by atoms with van der Waals surface area (Å²) < 4.78 is 33.5. The third kappa shape index (κ3) is 3.99. The first-order chi connectivity index (χ1) is 13.4. The number of benzene rings is 1. The van der Waals surface area contributed by atoms with Gasteiger partial charge in [0.2, 0.25) is 10.0 Å². The Balaban J connectivity index is 1.49. The zero-order chi connectivity index (χ0) is 19.7. The molecule has 150 valence electrons. The van der Waals surface area contributed by atoms with Gasteiger partial charge in [-0.05, 0) is 61.1 Å². The number of aryl methyl sites for hydroxylation is 1. The molecule has 1 atom stereocenters. The number of aromatic amines is 1. The van der Waals surface area contributed by atoms with Gasteiger partial charge in [-0.3, -0.25) is 4.79 Å². The van der Waals surface area contributed by atoms with Gasteiger partial charge in [0.15, 0.2) is 0 Å². The first-order valence-electron chi connectivity index (χ1n) is 9.60. The smallest absolute Gasteiger partial charge is 0.270 e. The number of sulfonamides is 1. The van der Waals surface area contributed by atoms with Crippen LogP contribution in [0, 0.1) is 6.92 Å². The van der Waals surface area contributed by atoms with Gasteiger partial charge in [-0.15, -0.1) is 0 Å². The standard InChI is InChI=1S/C20H25N3O4S/c1-14-9-19(21-11-14)20(24)23-7-6-15-4-5-18(10-16(15)13-23)28(25,26)22-12-17-3-2-8-27-17/h4-5,9-11,17,21-22H,2-3,6-8,12-13H2,1H3/t17-/m0/s1. The molecule has 2 aliphatic heterocycles. The molecule has 1 saturated heterocycles. The van der Waals surface area contributed by atoms with Gasteiger partial charge in [0.25, 0.3) is 5.91 Å². The molecule has 28 heavy (non-hydrogen) atoms. The molecule has 4 rings (SSSR count). The Hall–Kier alpha value is -2.16. The zero-order valence-electron chi connectivity index (χ0n) is 15.9. The Labute approximate surface area is 165 Å². The van der Waals surface area contributed by atoms with E-state index in [0.29, 0.717) is 31.8 Å². The van der Waals surface area contributed by atoms with Crippen LogP contribution in [0.5, 0.6) is 0 Å². The lowest BCUT2D eigenvalue weighted by Crippen LogP contribution is -2.36. The van der Waals surface area contributed by atoms with Crippen LogP contribution in [0.3, 0.4) is 0 Å². The summed E-state index contributed by atoms with van der Waals surface area (Å²) in [6, 6.07) is 7.01. The predicted molar refractivity (Wildman–Crippen MR) is 105 cm³/mol. The Morgan fingerprint density at radius 3 is 2.89 bits per heavy atom. The zero-order valence-corrected chi connectivity index (χ0v) is 16.7. The number of nitrogens with one attached hydrogen (secondary N) is 2. The molecular weight excluding hydrogens is 378 g/mol. The molecule has 0 radical (unpaired) electrons. The summed E-state index contributed by atoms with van der Waals surface area (Å²) in [5, 5.41) is 0. The average Bonchev–Trinajstić information content (AvgIpc) is 3.36. The number of carbonyl (C=O) groups excluding carboxylic acids is 1. The molecule has 0 bridgehead atoms. The minimum Gasteiger partial charge on any atom is -0.377 e.